The molecule has 0 bridgehead atoms. The van der Waals surface area contributed by atoms with Crippen LogP contribution in [0.4, 0.5) is 0 Å². The molecule has 4 nitrogen and oxygen atoms in total. The molecule has 7 heteroatoms. The second-order valence-electron chi connectivity index (χ2n) is 4.61. The molecule has 1 aromatic rings. The molecule has 114 valence electrons. The summed E-state index contributed by atoms with van der Waals surface area (Å²) in [5.74, 6) is 0.00870. The number of carbonyl (C=O) groups is 1. The average molecular weight is 385 g/mol. The molecule has 0 aromatic carbocycles. The molecular weight excluding hydrogens is 365 g/mol. The van der Waals surface area contributed by atoms with Crippen molar-refractivity contribution < 1.29 is 4.79 Å². The van der Waals surface area contributed by atoms with Gasteiger partial charge in [0.2, 0.25) is 0 Å². The van der Waals surface area contributed by atoms with Crippen LogP contribution in [0.1, 0.15) is 29.8 Å². The maximum Gasteiger partial charge on any atom is 0.272 e. The highest BCUT2D eigenvalue weighted by Gasteiger charge is 2.22. The van der Waals surface area contributed by atoms with Crippen molar-refractivity contribution in [3.63, 3.8) is 0 Å². The van der Waals surface area contributed by atoms with Crippen molar-refractivity contribution >= 4 is 46.7 Å². The van der Waals surface area contributed by atoms with E-state index < -0.39 is 0 Å². The summed E-state index contributed by atoms with van der Waals surface area (Å²) in [5.41, 5.74) is 0.512. The van der Waals surface area contributed by atoms with Crippen LogP contribution >= 0.6 is 40.7 Å². The van der Waals surface area contributed by atoms with Gasteiger partial charge in [0, 0.05) is 23.8 Å². The zero-order chi connectivity index (χ0) is 13.0. The zero-order valence-corrected chi connectivity index (χ0v) is 14.6. The largest absolute Gasteiger partial charge is 0.337 e. The number of nitrogens with zero attached hydrogens (tertiary/aromatic N) is 2. The summed E-state index contributed by atoms with van der Waals surface area (Å²) in [7, 11) is 1.88. The SMILES string of the molecule is CN(C(=O)c1ccc(Br)cn1)C1CCCNCC1.Cl.Cl. The van der Waals surface area contributed by atoms with E-state index in [0.29, 0.717) is 11.7 Å². The molecular formula is C13H20BrCl2N3O. The number of nitrogens with one attached hydrogen (secondary N) is 1. The van der Waals surface area contributed by atoms with Crippen molar-refractivity contribution in [1.29, 1.82) is 0 Å². The van der Waals surface area contributed by atoms with E-state index in [1.54, 1.807) is 12.3 Å². The van der Waals surface area contributed by atoms with E-state index in [1.165, 1.54) is 0 Å². The van der Waals surface area contributed by atoms with Gasteiger partial charge in [-0.25, -0.2) is 4.98 Å². The van der Waals surface area contributed by atoms with Gasteiger partial charge in [-0.2, -0.15) is 0 Å². The van der Waals surface area contributed by atoms with Crippen LogP contribution in [0, 0.1) is 0 Å². The van der Waals surface area contributed by atoms with Crippen LogP contribution in [0.3, 0.4) is 0 Å². The topological polar surface area (TPSA) is 45.2 Å². The summed E-state index contributed by atoms with van der Waals surface area (Å²) in [5, 5.41) is 3.36. The Kier molecular flexibility index (Phi) is 9.38. The van der Waals surface area contributed by atoms with E-state index in [4.69, 9.17) is 0 Å². The van der Waals surface area contributed by atoms with E-state index >= 15 is 0 Å². The number of carbonyl (C=O) groups excluding carboxylic acids is 1. The third-order valence-corrected chi connectivity index (χ3v) is 3.83. The first-order valence-corrected chi connectivity index (χ1v) is 7.07. The minimum Gasteiger partial charge on any atom is -0.337 e. The van der Waals surface area contributed by atoms with Crippen LogP contribution in [0.25, 0.3) is 0 Å². The van der Waals surface area contributed by atoms with Gasteiger partial charge in [-0.3, -0.25) is 4.79 Å². The predicted octanol–water partition coefficient (Wildman–Crippen LogP) is 2.90. The number of pyridine rings is 1. The fourth-order valence-corrected chi connectivity index (χ4v) is 2.47. The first-order chi connectivity index (χ1) is 8.68. The molecule has 20 heavy (non-hydrogen) atoms. The Labute approximate surface area is 140 Å². The molecule has 1 atom stereocenters. The molecule has 1 aliphatic rings. The molecule has 0 radical (unpaired) electrons. The molecule has 1 unspecified atom stereocenters. The normalized spacial score (nSPS) is 18.2. The number of rotatable bonds is 2. The molecule has 1 aliphatic heterocycles. The van der Waals surface area contributed by atoms with Crippen LogP contribution in [-0.4, -0.2) is 42.0 Å². The van der Waals surface area contributed by atoms with Crippen molar-refractivity contribution in [3.8, 4) is 0 Å². The fraction of sp³-hybridized carbons (Fsp3) is 0.538. The second-order valence-corrected chi connectivity index (χ2v) is 5.53. The molecule has 2 heterocycles. The lowest BCUT2D eigenvalue weighted by molar-refractivity contribution is 0.0714. The summed E-state index contributed by atoms with van der Waals surface area (Å²) in [6.45, 7) is 2.03. The number of amides is 1. The predicted molar refractivity (Wildman–Crippen MR) is 89.0 cm³/mol. The van der Waals surface area contributed by atoms with E-state index in [2.05, 4.69) is 26.2 Å². The number of hydrogen-bond donors (Lipinski definition) is 1. The first-order valence-electron chi connectivity index (χ1n) is 6.28. The lowest BCUT2D eigenvalue weighted by Gasteiger charge is -2.26. The van der Waals surface area contributed by atoms with Gasteiger partial charge in [0.1, 0.15) is 5.69 Å². The summed E-state index contributed by atoms with van der Waals surface area (Å²) >= 11 is 3.32. The third kappa shape index (κ3) is 5.20. The average Bonchev–Trinajstić information content (AvgIpc) is 2.67. The van der Waals surface area contributed by atoms with Gasteiger partial charge in [0.25, 0.3) is 5.91 Å². The molecule has 1 N–H and O–H groups in total. The summed E-state index contributed by atoms with van der Waals surface area (Å²) in [6, 6.07) is 3.93. The monoisotopic (exact) mass is 383 g/mol. The zero-order valence-electron chi connectivity index (χ0n) is 11.3. The Hall–Kier alpha value is -0.360. The molecule has 0 spiro atoms. The summed E-state index contributed by atoms with van der Waals surface area (Å²) < 4.78 is 0.889. The van der Waals surface area contributed by atoms with Crippen LogP contribution < -0.4 is 5.32 Å². The van der Waals surface area contributed by atoms with E-state index in [9.17, 15) is 4.79 Å². The smallest absolute Gasteiger partial charge is 0.272 e. The fourth-order valence-electron chi connectivity index (χ4n) is 2.24. The highest BCUT2D eigenvalue weighted by molar-refractivity contribution is 9.10. The second kappa shape index (κ2) is 9.55. The quantitative estimate of drug-likeness (QED) is 0.852. The van der Waals surface area contributed by atoms with Gasteiger partial charge >= 0.3 is 0 Å². The Balaban J connectivity index is 0.00000180. The molecule has 0 aliphatic carbocycles. The minimum atomic E-state index is 0. The third-order valence-electron chi connectivity index (χ3n) is 3.36. The Morgan fingerprint density at radius 1 is 1.35 bits per heavy atom. The van der Waals surface area contributed by atoms with Gasteiger partial charge in [-0.05, 0) is 60.4 Å². The minimum absolute atomic E-state index is 0. The highest BCUT2D eigenvalue weighted by Crippen LogP contribution is 2.15. The van der Waals surface area contributed by atoms with E-state index in [-0.39, 0.29) is 30.7 Å². The van der Waals surface area contributed by atoms with Gasteiger partial charge in [0.15, 0.2) is 0 Å². The van der Waals surface area contributed by atoms with Crippen LogP contribution in [0.15, 0.2) is 22.8 Å². The van der Waals surface area contributed by atoms with Gasteiger partial charge in [0.05, 0.1) is 0 Å². The first kappa shape index (κ1) is 19.6. The molecule has 2 rings (SSSR count). The maximum atomic E-state index is 12.3. The molecule has 1 aromatic heterocycles. The summed E-state index contributed by atoms with van der Waals surface area (Å²) in [6.07, 6.45) is 4.86. The lowest BCUT2D eigenvalue weighted by atomic mass is 10.1. The molecule has 1 saturated heterocycles. The molecule has 1 fully saturated rings. The molecule has 1 amide bonds. The van der Waals surface area contributed by atoms with Crippen LogP contribution in [-0.2, 0) is 0 Å². The Morgan fingerprint density at radius 2 is 2.10 bits per heavy atom. The van der Waals surface area contributed by atoms with E-state index in [0.717, 1.165) is 36.8 Å². The lowest BCUT2D eigenvalue weighted by Crippen LogP contribution is -2.38. The molecule has 0 saturated carbocycles. The Bertz CT molecular complexity index is 409. The standard InChI is InChI=1S/C13H18BrN3O.2ClH/c1-17(11-3-2-7-15-8-6-11)13(18)12-5-4-10(14)9-16-12;;/h4-5,9,11,15H,2-3,6-8H2,1H3;2*1H. The Morgan fingerprint density at radius 3 is 2.75 bits per heavy atom. The number of hydrogen-bond acceptors (Lipinski definition) is 3. The van der Waals surface area contributed by atoms with Gasteiger partial charge in [-0.1, -0.05) is 0 Å². The van der Waals surface area contributed by atoms with E-state index in [1.807, 2.05) is 18.0 Å². The van der Waals surface area contributed by atoms with Crippen molar-refractivity contribution in [2.45, 2.75) is 25.3 Å². The van der Waals surface area contributed by atoms with Crippen molar-refractivity contribution in [3.05, 3.63) is 28.5 Å². The highest BCUT2D eigenvalue weighted by atomic mass is 79.9. The summed E-state index contributed by atoms with van der Waals surface area (Å²) in [4.78, 5) is 18.3. The number of halogens is 3. The van der Waals surface area contributed by atoms with Gasteiger partial charge in [-0.15, -0.1) is 24.8 Å². The van der Waals surface area contributed by atoms with Crippen molar-refractivity contribution in [2.75, 3.05) is 20.1 Å². The van der Waals surface area contributed by atoms with Gasteiger partial charge < -0.3 is 10.2 Å². The van der Waals surface area contributed by atoms with Crippen molar-refractivity contribution in [2.24, 2.45) is 0 Å². The number of aromatic nitrogens is 1. The van der Waals surface area contributed by atoms with Crippen LogP contribution in [0.2, 0.25) is 0 Å². The van der Waals surface area contributed by atoms with Crippen LogP contribution in [0.5, 0.6) is 0 Å². The van der Waals surface area contributed by atoms with Crippen molar-refractivity contribution in [1.82, 2.24) is 15.2 Å². The maximum absolute atomic E-state index is 12.3.